The molecule has 0 aliphatic heterocycles. The maximum absolute atomic E-state index is 12.0. The summed E-state index contributed by atoms with van der Waals surface area (Å²) >= 11 is 0. The Morgan fingerprint density at radius 2 is 1.42 bits per heavy atom. The number of rotatable bonds is 6. The van der Waals surface area contributed by atoms with Crippen LogP contribution < -0.4 is 10.6 Å². The third-order valence-electron chi connectivity index (χ3n) is 3.19. The number of hydrogen-bond acceptors (Lipinski definition) is 5. The van der Waals surface area contributed by atoms with Crippen LogP contribution in [0.15, 0.2) is 48.5 Å². The van der Waals surface area contributed by atoms with E-state index in [9.17, 15) is 24.8 Å². The number of para-hydroxylation sites is 2. The van der Waals surface area contributed by atoms with Crippen LogP contribution in [0.4, 0.5) is 5.69 Å². The molecule has 3 N–H and O–H groups in total. The van der Waals surface area contributed by atoms with E-state index in [1.165, 1.54) is 36.4 Å². The molecule has 2 aromatic rings. The lowest BCUT2D eigenvalue weighted by Gasteiger charge is -2.08. The predicted molar refractivity (Wildman–Crippen MR) is 85.9 cm³/mol. The number of nitro benzene ring substituents is 1. The minimum Gasteiger partial charge on any atom is -0.507 e. The molecule has 124 valence electrons. The second kappa shape index (κ2) is 7.73. The Hall–Kier alpha value is -3.42. The molecule has 0 unspecified atom stereocenters. The van der Waals surface area contributed by atoms with E-state index in [1.807, 2.05) is 0 Å². The van der Waals surface area contributed by atoms with Crippen molar-refractivity contribution < 1.29 is 19.6 Å². The van der Waals surface area contributed by atoms with E-state index >= 15 is 0 Å². The lowest BCUT2D eigenvalue weighted by atomic mass is 10.1. The van der Waals surface area contributed by atoms with Gasteiger partial charge in [-0.25, -0.2) is 0 Å². The van der Waals surface area contributed by atoms with E-state index in [1.54, 1.807) is 12.1 Å². The maximum atomic E-state index is 12.0. The van der Waals surface area contributed by atoms with Gasteiger partial charge in [-0.1, -0.05) is 24.3 Å². The maximum Gasteiger partial charge on any atom is 0.282 e. The fraction of sp³-hybridized carbons (Fsp3) is 0.125. The van der Waals surface area contributed by atoms with Gasteiger partial charge in [-0.3, -0.25) is 19.7 Å². The summed E-state index contributed by atoms with van der Waals surface area (Å²) in [6, 6.07) is 11.7. The number of phenols is 1. The van der Waals surface area contributed by atoms with Crippen LogP contribution in [0.1, 0.15) is 20.7 Å². The second-order valence-corrected chi connectivity index (χ2v) is 4.80. The van der Waals surface area contributed by atoms with Crippen LogP contribution in [-0.4, -0.2) is 34.9 Å². The van der Waals surface area contributed by atoms with Crippen LogP contribution in [0, 0.1) is 10.1 Å². The monoisotopic (exact) mass is 329 g/mol. The van der Waals surface area contributed by atoms with Gasteiger partial charge in [-0.2, -0.15) is 0 Å². The highest BCUT2D eigenvalue weighted by atomic mass is 16.6. The van der Waals surface area contributed by atoms with Gasteiger partial charge < -0.3 is 15.7 Å². The number of phenolic OH excluding ortho intramolecular Hbond substituents is 1. The summed E-state index contributed by atoms with van der Waals surface area (Å²) in [5.74, 6) is -1.22. The van der Waals surface area contributed by atoms with Crippen LogP contribution in [0.25, 0.3) is 0 Å². The smallest absolute Gasteiger partial charge is 0.282 e. The average Bonchev–Trinajstić information content (AvgIpc) is 2.58. The Morgan fingerprint density at radius 3 is 2.00 bits per heavy atom. The molecule has 8 heteroatoms. The molecule has 0 radical (unpaired) electrons. The molecular formula is C16H15N3O5. The number of amides is 2. The van der Waals surface area contributed by atoms with Crippen molar-refractivity contribution >= 4 is 17.5 Å². The first-order valence-electron chi connectivity index (χ1n) is 7.08. The fourth-order valence-corrected chi connectivity index (χ4v) is 2.03. The van der Waals surface area contributed by atoms with Crippen molar-refractivity contribution in [2.24, 2.45) is 0 Å². The van der Waals surface area contributed by atoms with Gasteiger partial charge in [0.05, 0.1) is 10.5 Å². The highest BCUT2D eigenvalue weighted by molar-refractivity contribution is 5.98. The first kappa shape index (κ1) is 16.9. The SMILES string of the molecule is O=C(NCCNC(=O)c1ccccc1[N+](=O)[O-])c1ccccc1O. The number of benzene rings is 2. The van der Waals surface area contributed by atoms with E-state index in [-0.39, 0.29) is 35.7 Å². The minimum absolute atomic E-state index is 0.0467. The van der Waals surface area contributed by atoms with Crippen LogP contribution in [0.2, 0.25) is 0 Å². The standard InChI is InChI=1S/C16H15N3O5/c20-14-8-4-2-6-12(14)16(22)18-10-9-17-15(21)11-5-1-3-7-13(11)19(23)24/h1-8,20H,9-10H2,(H,17,21)(H,18,22). The summed E-state index contributed by atoms with van der Waals surface area (Å²) in [7, 11) is 0. The molecule has 0 bridgehead atoms. The van der Waals surface area contributed by atoms with Crippen molar-refractivity contribution in [2.45, 2.75) is 0 Å². The zero-order valence-electron chi connectivity index (χ0n) is 12.6. The van der Waals surface area contributed by atoms with Gasteiger partial charge in [-0.05, 0) is 18.2 Å². The molecule has 8 nitrogen and oxygen atoms in total. The highest BCUT2D eigenvalue weighted by Crippen LogP contribution is 2.17. The molecule has 2 aromatic carbocycles. The summed E-state index contributed by atoms with van der Waals surface area (Å²) < 4.78 is 0. The number of carbonyl (C=O) groups excluding carboxylic acids is 2. The summed E-state index contributed by atoms with van der Waals surface area (Å²) in [4.78, 5) is 34.1. The lowest BCUT2D eigenvalue weighted by molar-refractivity contribution is -0.385. The number of nitro groups is 1. The summed E-state index contributed by atoms with van der Waals surface area (Å²) in [6.45, 7) is 0.198. The first-order chi connectivity index (χ1) is 11.5. The van der Waals surface area contributed by atoms with E-state index in [4.69, 9.17) is 0 Å². The van der Waals surface area contributed by atoms with Crippen molar-refractivity contribution in [3.05, 3.63) is 69.8 Å². The quantitative estimate of drug-likeness (QED) is 0.421. The normalized spacial score (nSPS) is 10.0. The number of nitrogens with zero attached hydrogens (tertiary/aromatic N) is 1. The van der Waals surface area contributed by atoms with Crippen molar-refractivity contribution in [2.75, 3.05) is 13.1 Å². The first-order valence-corrected chi connectivity index (χ1v) is 7.08. The molecule has 0 saturated carbocycles. The zero-order valence-corrected chi connectivity index (χ0v) is 12.6. The Kier molecular flexibility index (Phi) is 5.45. The van der Waals surface area contributed by atoms with E-state index in [0.717, 1.165) is 0 Å². The van der Waals surface area contributed by atoms with Gasteiger partial charge in [0.25, 0.3) is 17.5 Å². The van der Waals surface area contributed by atoms with Crippen molar-refractivity contribution in [1.29, 1.82) is 0 Å². The van der Waals surface area contributed by atoms with E-state index < -0.39 is 16.7 Å². The Balaban J connectivity index is 1.87. The Morgan fingerprint density at radius 1 is 0.917 bits per heavy atom. The third kappa shape index (κ3) is 4.07. The van der Waals surface area contributed by atoms with Crippen LogP contribution in [0.5, 0.6) is 5.75 Å². The van der Waals surface area contributed by atoms with Crippen LogP contribution in [-0.2, 0) is 0 Å². The molecular weight excluding hydrogens is 314 g/mol. The van der Waals surface area contributed by atoms with Crippen molar-refractivity contribution in [3.63, 3.8) is 0 Å². The van der Waals surface area contributed by atoms with Gasteiger partial charge in [0, 0.05) is 19.2 Å². The van der Waals surface area contributed by atoms with Gasteiger partial charge in [0.15, 0.2) is 0 Å². The molecule has 0 heterocycles. The minimum atomic E-state index is -0.630. The summed E-state index contributed by atoms with van der Waals surface area (Å²) in [5.41, 5.74) is -0.203. The number of carbonyl (C=O) groups is 2. The van der Waals surface area contributed by atoms with Gasteiger partial charge in [-0.15, -0.1) is 0 Å². The number of nitrogens with one attached hydrogen (secondary N) is 2. The van der Waals surface area contributed by atoms with Crippen LogP contribution >= 0.6 is 0 Å². The fourth-order valence-electron chi connectivity index (χ4n) is 2.03. The Labute approximate surface area is 137 Å². The van der Waals surface area contributed by atoms with Crippen molar-refractivity contribution in [3.8, 4) is 5.75 Å². The molecule has 0 fully saturated rings. The molecule has 2 amide bonds. The van der Waals surface area contributed by atoms with E-state index in [2.05, 4.69) is 10.6 Å². The summed E-state index contributed by atoms with van der Waals surface area (Å²) in [6.07, 6.45) is 0. The summed E-state index contributed by atoms with van der Waals surface area (Å²) in [5, 5.41) is 25.5. The largest absolute Gasteiger partial charge is 0.507 e. The molecule has 0 saturated heterocycles. The number of hydrogen-bond donors (Lipinski definition) is 3. The molecule has 0 atom stereocenters. The van der Waals surface area contributed by atoms with Gasteiger partial charge in [0.1, 0.15) is 11.3 Å². The molecule has 24 heavy (non-hydrogen) atoms. The molecule has 0 aliphatic carbocycles. The zero-order chi connectivity index (χ0) is 17.5. The molecule has 0 aliphatic rings. The number of aromatic hydroxyl groups is 1. The topological polar surface area (TPSA) is 122 Å². The molecule has 2 rings (SSSR count). The predicted octanol–water partition coefficient (Wildman–Crippen LogP) is 1.46. The van der Waals surface area contributed by atoms with E-state index in [0.29, 0.717) is 0 Å². The van der Waals surface area contributed by atoms with Gasteiger partial charge >= 0.3 is 0 Å². The lowest BCUT2D eigenvalue weighted by Crippen LogP contribution is -2.34. The van der Waals surface area contributed by atoms with Crippen molar-refractivity contribution in [1.82, 2.24) is 10.6 Å². The average molecular weight is 329 g/mol. The molecule has 0 spiro atoms. The molecule has 0 aromatic heterocycles. The third-order valence-corrected chi connectivity index (χ3v) is 3.19. The second-order valence-electron chi connectivity index (χ2n) is 4.80. The van der Waals surface area contributed by atoms with Crippen LogP contribution in [0.3, 0.4) is 0 Å². The Bertz CT molecular complexity index is 776. The highest BCUT2D eigenvalue weighted by Gasteiger charge is 2.18. The van der Waals surface area contributed by atoms with Gasteiger partial charge in [0.2, 0.25) is 0 Å².